The van der Waals surface area contributed by atoms with Gasteiger partial charge in [0.25, 0.3) is 0 Å². The molecular weight excluding hydrogens is 200 g/mol. The van der Waals surface area contributed by atoms with E-state index in [0.29, 0.717) is 12.8 Å². The average Bonchev–Trinajstić information content (AvgIpc) is 2.80. The standard InChI is InChI=1S/C13H14N2O/c1-10-2-4-11(5-3-10)13(16)7-6-12-8-14-9-15-12/h2-5,8-9H,6-7H2,1H3,(H,14,15). The first kappa shape index (κ1) is 10.6. The van der Waals surface area contributed by atoms with Crippen LogP contribution in [-0.2, 0) is 6.42 Å². The van der Waals surface area contributed by atoms with E-state index in [4.69, 9.17) is 0 Å². The van der Waals surface area contributed by atoms with Gasteiger partial charge in [-0.3, -0.25) is 4.79 Å². The Labute approximate surface area is 94.5 Å². The Morgan fingerprint density at radius 1 is 1.31 bits per heavy atom. The van der Waals surface area contributed by atoms with Crippen molar-refractivity contribution in [3.63, 3.8) is 0 Å². The van der Waals surface area contributed by atoms with Crippen molar-refractivity contribution >= 4 is 5.78 Å². The molecule has 0 aliphatic carbocycles. The van der Waals surface area contributed by atoms with E-state index < -0.39 is 0 Å². The minimum absolute atomic E-state index is 0.169. The van der Waals surface area contributed by atoms with Gasteiger partial charge in [0.2, 0.25) is 0 Å². The van der Waals surface area contributed by atoms with E-state index in [0.717, 1.165) is 11.3 Å². The van der Waals surface area contributed by atoms with Crippen LogP contribution in [0, 0.1) is 6.92 Å². The first-order valence-electron chi connectivity index (χ1n) is 5.33. The molecule has 82 valence electrons. The monoisotopic (exact) mass is 214 g/mol. The lowest BCUT2D eigenvalue weighted by molar-refractivity contribution is 0.0982. The SMILES string of the molecule is Cc1ccc(C(=O)CCc2c[nH]cn2)cc1. The molecule has 0 unspecified atom stereocenters. The van der Waals surface area contributed by atoms with Crippen molar-refractivity contribution in [3.8, 4) is 0 Å². The number of aromatic amines is 1. The van der Waals surface area contributed by atoms with Crippen molar-refractivity contribution in [2.45, 2.75) is 19.8 Å². The summed E-state index contributed by atoms with van der Waals surface area (Å²) in [6, 6.07) is 7.67. The second-order valence-electron chi connectivity index (χ2n) is 3.85. The molecule has 0 radical (unpaired) electrons. The largest absolute Gasteiger partial charge is 0.351 e. The maximum Gasteiger partial charge on any atom is 0.163 e. The van der Waals surface area contributed by atoms with Crippen LogP contribution in [-0.4, -0.2) is 15.8 Å². The number of nitrogens with zero attached hydrogens (tertiary/aromatic N) is 1. The number of carbonyl (C=O) groups excluding carboxylic acids is 1. The Morgan fingerprint density at radius 3 is 2.69 bits per heavy atom. The first-order chi connectivity index (χ1) is 7.75. The molecule has 0 aliphatic rings. The molecular formula is C13H14N2O. The molecule has 0 atom stereocenters. The van der Waals surface area contributed by atoms with E-state index in [1.807, 2.05) is 37.4 Å². The van der Waals surface area contributed by atoms with Gasteiger partial charge in [-0.15, -0.1) is 0 Å². The Hall–Kier alpha value is -1.90. The number of aromatic nitrogens is 2. The summed E-state index contributed by atoms with van der Waals surface area (Å²) < 4.78 is 0. The summed E-state index contributed by atoms with van der Waals surface area (Å²) >= 11 is 0. The molecule has 0 aliphatic heterocycles. The van der Waals surface area contributed by atoms with Crippen molar-refractivity contribution in [2.75, 3.05) is 0 Å². The van der Waals surface area contributed by atoms with Crippen molar-refractivity contribution in [1.29, 1.82) is 0 Å². The second-order valence-corrected chi connectivity index (χ2v) is 3.85. The van der Waals surface area contributed by atoms with E-state index in [1.165, 1.54) is 5.56 Å². The molecule has 0 saturated carbocycles. The third kappa shape index (κ3) is 2.57. The van der Waals surface area contributed by atoms with Crippen LogP contribution in [0.25, 0.3) is 0 Å². The highest BCUT2D eigenvalue weighted by Crippen LogP contribution is 2.08. The van der Waals surface area contributed by atoms with Crippen LogP contribution in [0.3, 0.4) is 0 Å². The van der Waals surface area contributed by atoms with Gasteiger partial charge in [0.1, 0.15) is 0 Å². The highest BCUT2D eigenvalue weighted by molar-refractivity contribution is 5.96. The summed E-state index contributed by atoms with van der Waals surface area (Å²) in [5.74, 6) is 0.169. The highest BCUT2D eigenvalue weighted by atomic mass is 16.1. The maximum atomic E-state index is 11.8. The van der Waals surface area contributed by atoms with Crippen LogP contribution >= 0.6 is 0 Å². The maximum absolute atomic E-state index is 11.8. The van der Waals surface area contributed by atoms with Crippen LogP contribution in [0.4, 0.5) is 0 Å². The molecule has 1 aromatic heterocycles. The molecule has 16 heavy (non-hydrogen) atoms. The number of nitrogens with one attached hydrogen (secondary N) is 1. The van der Waals surface area contributed by atoms with Crippen molar-refractivity contribution < 1.29 is 4.79 Å². The van der Waals surface area contributed by atoms with Gasteiger partial charge >= 0.3 is 0 Å². The zero-order valence-electron chi connectivity index (χ0n) is 9.23. The van der Waals surface area contributed by atoms with E-state index in [2.05, 4.69) is 9.97 Å². The zero-order chi connectivity index (χ0) is 11.4. The van der Waals surface area contributed by atoms with Crippen LogP contribution in [0.2, 0.25) is 0 Å². The van der Waals surface area contributed by atoms with E-state index >= 15 is 0 Å². The quantitative estimate of drug-likeness (QED) is 0.795. The molecule has 2 rings (SSSR count). The summed E-state index contributed by atoms with van der Waals surface area (Å²) in [4.78, 5) is 18.8. The molecule has 3 nitrogen and oxygen atoms in total. The average molecular weight is 214 g/mol. The number of aryl methyl sites for hydroxylation is 2. The van der Waals surface area contributed by atoms with Gasteiger partial charge in [0.05, 0.1) is 12.0 Å². The normalized spacial score (nSPS) is 10.3. The van der Waals surface area contributed by atoms with Crippen molar-refractivity contribution in [3.05, 3.63) is 53.6 Å². The Kier molecular flexibility index (Phi) is 3.15. The zero-order valence-corrected chi connectivity index (χ0v) is 9.23. The smallest absolute Gasteiger partial charge is 0.163 e. The summed E-state index contributed by atoms with van der Waals surface area (Å²) in [7, 11) is 0. The van der Waals surface area contributed by atoms with E-state index in [-0.39, 0.29) is 5.78 Å². The number of hydrogen-bond acceptors (Lipinski definition) is 2. The van der Waals surface area contributed by atoms with E-state index in [9.17, 15) is 4.79 Å². The van der Waals surface area contributed by atoms with Gasteiger partial charge in [-0.2, -0.15) is 0 Å². The van der Waals surface area contributed by atoms with Crippen LogP contribution in [0.5, 0.6) is 0 Å². The predicted molar refractivity (Wildman–Crippen MR) is 62.4 cm³/mol. The van der Waals surface area contributed by atoms with Crippen LogP contribution in [0.1, 0.15) is 28.0 Å². The lowest BCUT2D eigenvalue weighted by Gasteiger charge is -2.00. The number of rotatable bonds is 4. The molecule has 1 aromatic carbocycles. The minimum atomic E-state index is 0.169. The Bertz CT molecular complexity index is 457. The van der Waals surface area contributed by atoms with Gasteiger partial charge in [0.15, 0.2) is 5.78 Å². The molecule has 0 amide bonds. The van der Waals surface area contributed by atoms with Gasteiger partial charge < -0.3 is 4.98 Å². The Morgan fingerprint density at radius 2 is 2.06 bits per heavy atom. The predicted octanol–water partition coefficient (Wildman–Crippen LogP) is 2.53. The van der Waals surface area contributed by atoms with Crippen molar-refractivity contribution in [2.24, 2.45) is 0 Å². The molecule has 1 N–H and O–H groups in total. The molecule has 2 aromatic rings. The molecule has 3 heteroatoms. The fourth-order valence-electron chi connectivity index (χ4n) is 1.55. The van der Waals surface area contributed by atoms with E-state index in [1.54, 1.807) is 6.33 Å². The molecule has 0 bridgehead atoms. The number of ketones is 1. The lowest BCUT2D eigenvalue weighted by Crippen LogP contribution is -2.01. The van der Waals surface area contributed by atoms with Gasteiger partial charge in [-0.05, 0) is 13.3 Å². The summed E-state index contributed by atoms with van der Waals surface area (Å²) in [5, 5.41) is 0. The third-order valence-corrected chi connectivity index (χ3v) is 2.54. The number of hydrogen-bond donors (Lipinski definition) is 1. The second kappa shape index (κ2) is 4.75. The molecule has 0 spiro atoms. The minimum Gasteiger partial charge on any atom is -0.351 e. The molecule has 0 fully saturated rings. The highest BCUT2D eigenvalue weighted by Gasteiger charge is 2.06. The first-order valence-corrected chi connectivity index (χ1v) is 5.33. The fraction of sp³-hybridized carbons (Fsp3) is 0.231. The summed E-state index contributed by atoms with van der Waals surface area (Å²) in [6.45, 7) is 2.01. The summed E-state index contributed by atoms with van der Waals surface area (Å²) in [5.41, 5.74) is 2.88. The number of imidazole rings is 1. The van der Waals surface area contributed by atoms with Gasteiger partial charge in [-0.1, -0.05) is 29.8 Å². The number of H-pyrrole nitrogens is 1. The topological polar surface area (TPSA) is 45.8 Å². The third-order valence-electron chi connectivity index (χ3n) is 2.54. The molecule has 0 saturated heterocycles. The summed E-state index contributed by atoms with van der Waals surface area (Å²) in [6.07, 6.45) is 4.65. The Balaban J connectivity index is 1.95. The van der Waals surface area contributed by atoms with Gasteiger partial charge in [0, 0.05) is 18.2 Å². The van der Waals surface area contributed by atoms with Crippen LogP contribution < -0.4 is 0 Å². The fourth-order valence-corrected chi connectivity index (χ4v) is 1.55. The molecule has 1 heterocycles. The number of benzene rings is 1. The van der Waals surface area contributed by atoms with Crippen molar-refractivity contribution in [1.82, 2.24) is 9.97 Å². The number of Topliss-reactive ketones (excluding diaryl/α,β-unsaturated/α-hetero) is 1. The number of carbonyl (C=O) groups is 1. The van der Waals surface area contributed by atoms with Gasteiger partial charge in [-0.25, -0.2) is 4.98 Å². The lowest BCUT2D eigenvalue weighted by atomic mass is 10.0. The van der Waals surface area contributed by atoms with Crippen LogP contribution in [0.15, 0.2) is 36.8 Å².